The van der Waals surface area contributed by atoms with Gasteiger partial charge in [0.05, 0.1) is 17.0 Å². The number of imidazole rings is 1. The number of hydrogen-bond donors (Lipinski definition) is 2. The van der Waals surface area contributed by atoms with E-state index < -0.39 is 11.2 Å². The number of allylic oxidation sites excluding steroid dienone is 4. The highest BCUT2D eigenvalue weighted by molar-refractivity contribution is 6.30. The summed E-state index contributed by atoms with van der Waals surface area (Å²) >= 11 is 5.82. The van der Waals surface area contributed by atoms with Gasteiger partial charge in [-0.15, -0.1) is 0 Å². The van der Waals surface area contributed by atoms with Crippen molar-refractivity contribution in [3.05, 3.63) is 64.1 Å². The molecule has 7 heteroatoms. The fourth-order valence-electron chi connectivity index (χ4n) is 4.02. The van der Waals surface area contributed by atoms with Crippen molar-refractivity contribution < 1.29 is 8.78 Å². The molecule has 0 bridgehead atoms. The van der Waals surface area contributed by atoms with Crippen molar-refractivity contribution in [2.75, 3.05) is 12.3 Å². The first-order chi connectivity index (χ1) is 13.0. The van der Waals surface area contributed by atoms with Crippen LogP contribution in [0.4, 0.5) is 14.6 Å². The van der Waals surface area contributed by atoms with Crippen LogP contribution in [0, 0.1) is 5.82 Å². The zero-order chi connectivity index (χ0) is 19.2. The SMILES string of the molecule is CCC1(c2ccc(Cl)c(F)c2)CC(c2nc3n(c2N)CCNC3)=CC=C1F. The lowest BCUT2D eigenvalue weighted by Crippen LogP contribution is -2.29. The van der Waals surface area contributed by atoms with E-state index in [1.54, 1.807) is 12.1 Å². The molecule has 1 unspecified atom stereocenters. The van der Waals surface area contributed by atoms with Gasteiger partial charge in [-0.1, -0.05) is 30.7 Å². The van der Waals surface area contributed by atoms with E-state index in [1.165, 1.54) is 18.2 Å². The Labute approximate surface area is 161 Å². The first-order valence-electron chi connectivity index (χ1n) is 9.04. The summed E-state index contributed by atoms with van der Waals surface area (Å²) in [4.78, 5) is 4.68. The molecule has 2 aromatic rings. The number of nitrogen functional groups attached to an aromatic ring is 1. The van der Waals surface area contributed by atoms with E-state index in [9.17, 15) is 4.39 Å². The van der Waals surface area contributed by atoms with Gasteiger partial charge >= 0.3 is 0 Å². The molecular formula is C20H21ClF2N4. The lowest BCUT2D eigenvalue weighted by Gasteiger charge is -2.35. The van der Waals surface area contributed by atoms with E-state index in [0.717, 1.165) is 24.5 Å². The van der Waals surface area contributed by atoms with Gasteiger partial charge in [0.1, 0.15) is 29.0 Å². The molecule has 0 fully saturated rings. The molecule has 27 heavy (non-hydrogen) atoms. The fourth-order valence-corrected chi connectivity index (χ4v) is 4.14. The molecule has 4 rings (SSSR count). The zero-order valence-electron chi connectivity index (χ0n) is 15.0. The van der Waals surface area contributed by atoms with E-state index >= 15 is 4.39 Å². The van der Waals surface area contributed by atoms with Gasteiger partial charge in [0.2, 0.25) is 0 Å². The van der Waals surface area contributed by atoms with Crippen molar-refractivity contribution in [1.82, 2.24) is 14.9 Å². The quantitative estimate of drug-likeness (QED) is 0.819. The van der Waals surface area contributed by atoms with Gasteiger partial charge in [-0.2, -0.15) is 0 Å². The Kier molecular flexibility index (Phi) is 4.56. The molecule has 2 heterocycles. The molecule has 1 aliphatic carbocycles. The maximum Gasteiger partial charge on any atom is 0.142 e. The summed E-state index contributed by atoms with van der Waals surface area (Å²) in [5, 5.41) is 3.30. The van der Waals surface area contributed by atoms with Crippen LogP contribution in [0.15, 0.2) is 36.2 Å². The number of halogens is 3. The minimum absolute atomic E-state index is 0.0273. The number of benzene rings is 1. The van der Waals surface area contributed by atoms with Crippen molar-refractivity contribution in [3.63, 3.8) is 0 Å². The second-order valence-electron chi connectivity index (χ2n) is 7.04. The highest BCUT2D eigenvalue weighted by Gasteiger charge is 2.39. The number of nitrogens with one attached hydrogen (secondary N) is 1. The second kappa shape index (κ2) is 6.77. The average molecular weight is 391 g/mol. The van der Waals surface area contributed by atoms with Crippen molar-refractivity contribution in [1.29, 1.82) is 0 Å². The van der Waals surface area contributed by atoms with Crippen LogP contribution in [0.5, 0.6) is 0 Å². The molecule has 142 valence electrons. The average Bonchev–Trinajstić information content (AvgIpc) is 3.02. The van der Waals surface area contributed by atoms with Gasteiger partial charge in [-0.05, 0) is 42.2 Å². The van der Waals surface area contributed by atoms with E-state index in [1.807, 2.05) is 11.5 Å². The third-order valence-corrected chi connectivity index (χ3v) is 5.95. The smallest absolute Gasteiger partial charge is 0.142 e. The van der Waals surface area contributed by atoms with Crippen LogP contribution in [0.2, 0.25) is 5.02 Å². The Morgan fingerprint density at radius 1 is 1.33 bits per heavy atom. The number of nitrogens with zero attached hydrogens (tertiary/aromatic N) is 2. The number of aromatic nitrogens is 2. The number of nitrogens with two attached hydrogens (primary N) is 1. The van der Waals surface area contributed by atoms with Gasteiger partial charge in [-0.25, -0.2) is 13.8 Å². The van der Waals surface area contributed by atoms with Crippen LogP contribution >= 0.6 is 11.6 Å². The molecule has 1 aromatic carbocycles. The summed E-state index contributed by atoms with van der Waals surface area (Å²) < 4.78 is 31.1. The molecule has 4 nitrogen and oxygen atoms in total. The summed E-state index contributed by atoms with van der Waals surface area (Å²) in [6.45, 7) is 4.15. The lowest BCUT2D eigenvalue weighted by molar-refractivity contribution is 0.385. The Hall–Kier alpha value is -2.18. The molecule has 0 saturated heterocycles. The highest BCUT2D eigenvalue weighted by Crippen LogP contribution is 2.47. The van der Waals surface area contributed by atoms with Gasteiger partial charge < -0.3 is 15.6 Å². The van der Waals surface area contributed by atoms with Crippen LogP contribution < -0.4 is 11.1 Å². The molecule has 0 radical (unpaired) electrons. The van der Waals surface area contributed by atoms with Gasteiger partial charge in [-0.3, -0.25) is 0 Å². The third kappa shape index (κ3) is 2.87. The molecule has 1 aliphatic heterocycles. The van der Waals surface area contributed by atoms with Crippen LogP contribution in [0.25, 0.3) is 5.57 Å². The molecule has 2 aliphatic rings. The topological polar surface area (TPSA) is 55.9 Å². The molecule has 0 spiro atoms. The minimum atomic E-state index is -0.954. The fraction of sp³-hybridized carbons (Fsp3) is 0.350. The summed E-state index contributed by atoms with van der Waals surface area (Å²) in [6, 6.07) is 4.49. The number of hydrogen-bond acceptors (Lipinski definition) is 3. The van der Waals surface area contributed by atoms with Crippen LogP contribution in [-0.2, 0) is 18.5 Å². The second-order valence-corrected chi connectivity index (χ2v) is 7.45. The number of fused-ring (bicyclic) bond motifs is 1. The van der Waals surface area contributed by atoms with Crippen molar-refractivity contribution in [2.24, 2.45) is 0 Å². The summed E-state index contributed by atoms with van der Waals surface area (Å²) in [5.74, 6) is 0.638. The van der Waals surface area contributed by atoms with Crippen molar-refractivity contribution in [3.8, 4) is 0 Å². The van der Waals surface area contributed by atoms with Crippen molar-refractivity contribution in [2.45, 2.75) is 38.3 Å². The standard InChI is InChI=1S/C20H21ClF2N4/c1-2-20(13-4-5-14(21)15(22)9-13)10-12(3-6-16(20)23)18-19(24)27-8-7-25-11-17(27)26-18/h3-6,9,25H,2,7-8,10-11,24H2,1H3. The van der Waals surface area contributed by atoms with Crippen molar-refractivity contribution >= 4 is 23.0 Å². The summed E-state index contributed by atoms with van der Waals surface area (Å²) in [5.41, 5.74) is 7.49. The molecule has 0 saturated carbocycles. The Morgan fingerprint density at radius 3 is 2.85 bits per heavy atom. The van der Waals surface area contributed by atoms with Crippen LogP contribution in [-0.4, -0.2) is 16.1 Å². The molecule has 1 atom stereocenters. The van der Waals surface area contributed by atoms with E-state index in [2.05, 4.69) is 10.3 Å². The number of rotatable bonds is 3. The third-order valence-electron chi connectivity index (χ3n) is 5.64. The predicted molar refractivity (Wildman–Crippen MR) is 104 cm³/mol. The Bertz CT molecular complexity index is 963. The maximum atomic E-state index is 15.0. The van der Waals surface area contributed by atoms with Crippen LogP contribution in [0.3, 0.4) is 0 Å². The lowest BCUT2D eigenvalue weighted by atomic mass is 9.69. The number of anilines is 1. The molecule has 0 amide bonds. The normalized spacial score (nSPS) is 22.2. The highest BCUT2D eigenvalue weighted by atomic mass is 35.5. The summed E-state index contributed by atoms with van der Waals surface area (Å²) in [6.07, 6.45) is 4.02. The van der Waals surface area contributed by atoms with E-state index in [-0.39, 0.29) is 10.8 Å². The van der Waals surface area contributed by atoms with Gasteiger partial charge in [0.15, 0.2) is 0 Å². The Balaban J connectivity index is 1.78. The maximum absolute atomic E-state index is 15.0. The van der Waals surface area contributed by atoms with E-state index in [4.69, 9.17) is 17.3 Å². The molecule has 1 aromatic heterocycles. The first-order valence-corrected chi connectivity index (χ1v) is 9.42. The largest absolute Gasteiger partial charge is 0.383 e. The molecule has 3 N–H and O–H groups in total. The minimum Gasteiger partial charge on any atom is -0.383 e. The van der Waals surface area contributed by atoms with Gasteiger partial charge in [0, 0.05) is 13.1 Å². The predicted octanol–water partition coefficient (Wildman–Crippen LogP) is 4.35. The zero-order valence-corrected chi connectivity index (χ0v) is 15.8. The van der Waals surface area contributed by atoms with Gasteiger partial charge in [0.25, 0.3) is 0 Å². The summed E-state index contributed by atoms with van der Waals surface area (Å²) in [7, 11) is 0. The first kappa shape index (κ1) is 18.2. The van der Waals surface area contributed by atoms with E-state index in [0.29, 0.717) is 36.5 Å². The Morgan fingerprint density at radius 2 is 2.15 bits per heavy atom. The molecular weight excluding hydrogens is 370 g/mol. The monoisotopic (exact) mass is 390 g/mol. The van der Waals surface area contributed by atoms with Crippen LogP contribution in [0.1, 0.15) is 36.8 Å².